The molecule has 0 spiro atoms. The quantitative estimate of drug-likeness (QED) is 0.719. The van der Waals surface area contributed by atoms with Gasteiger partial charge in [0, 0.05) is 4.47 Å². The first-order valence-electron chi connectivity index (χ1n) is 4.08. The third-order valence-electron chi connectivity index (χ3n) is 1.74. The van der Waals surface area contributed by atoms with Crippen LogP contribution >= 0.6 is 15.9 Å². The lowest BCUT2D eigenvalue weighted by Crippen LogP contribution is -1.82. The number of carbonyl (C=O) groups is 1. The number of amides is 1. The van der Waals surface area contributed by atoms with Crippen molar-refractivity contribution in [1.82, 2.24) is 0 Å². The van der Waals surface area contributed by atoms with Crippen molar-refractivity contribution in [3.05, 3.63) is 46.9 Å². The molecule has 2 N–H and O–H groups in total. The number of nitrogens with two attached hydrogens (primary N) is 1. The van der Waals surface area contributed by atoms with Crippen LogP contribution in [0.1, 0.15) is 0 Å². The Morgan fingerprint density at radius 1 is 1.07 bits per heavy atom. The first-order chi connectivity index (χ1) is 6.79. The van der Waals surface area contributed by atoms with Crippen LogP contribution in [0.25, 0.3) is 10.8 Å². The van der Waals surface area contributed by atoms with E-state index < -0.39 is 0 Å². The van der Waals surface area contributed by atoms with Crippen molar-refractivity contribution in [2.45, 2.75) is 0 Å². The Balaban J connectivity index is 0.000000293. The zero-order chi connectivity index (χ0) is 10.4. The highest BCUT2D eigenvalue weighted by Crippen LogP contribution is 2.22. The van der Waals surface area contributed by atoms with Crippen LogP contribution in [0.2, 0.25) is 0 Å². The Hall–Kier alpha value is -1.35. The summed E-state index contributed by atoms with van der Waals surface area (Å²) in [5.41, 5.74) is 4.17. The molecule has 2 aromatic rings. The van der Waals surface area contributed by atoms with Gasteiger partial charge in [0.1, 0.15) is 0 Å². The van der Waals surface area contributed by atoms with E-state index in [-0.39, 0.29) is 6.41 Å². The predicted octanol–water partition coefficient (Wildman–Crippen LogP) is 2.70. The molecule has 0 aliphatic rings. The molecule has 0 aliphatic heterocycles. The molecule has 2 aromatic carbocycles. The fourth-order valence-electron chi connectivity index (χ4n) is 1.19. The maximum absolute atomic E-state index is 8.58. The number of benzene rings is 2. The molecule has 0 saturated heterocycles. The van der Waals surface area contributed by atoms with E-state index in [0.717, 1.165) is 4.47 Å². The van der Waals surface area contributed by atoms with E-state index in [9.17, 15) is 0 Å². The average molecular weight is 252 g/mol. The smallest absolute Gasteiger partial charge is 0.204 e. The number of halogens is 1. The van der Waals surface area contributed by atoms with Gasteiger partial charge in [-0.25, -0.2) is 0 Å². The van der Waals surface area contributed by atoms with Crippen molar-refractivity contribution in [2.24, 2.45) is 5.73 Å². The molecule has 1 amide bonds. The van der Waals surface area contributed by atoms with E-state index in [1.807, 2.05) is 12.1 Å². The largest absolute Gasteiger partial charge is 0.372 e. The van der Waals surface area contributed by atoms with Gasteiger partial charge in [-0.2, -0.15) is 0 Å². The summed E-state index contributed by atoms with van der Waals surface area (Å²) in [5, 5.41) is 2.55. The highest BCUT2D eigenvalue weighted by Gasteiger charge is 1.93. The van der Waals surface area contributed by atoms with Crippen molar-refractivity contribution >= 4 is 33.1 Å². The van der Waals surface area contributed by atoms with E-state index >= 15 is 0 Å². The van der Waals surface area contributed by atoms with Crippen molar-refractivity contribution in [2.75, 3.05) is 0 Å². The van der Waals surface area contributed by atoms with Crippen LogP contribution in [0.3, 0.4) is 0 Å². The lowest BCUT2D eigenvalue weighted by atomic mass is 10.1. The van der Waals surface area contributed by atoms with Gasteiger partial charge in [-0.15, -0.1) is 0 Å². The molecule has 0 aromatic heterocycles. The molecule has 2 rings (SSSR count). The van der Waals surface area contributed by atoms with Crippen LogP contribution in [0, 0.1) is 0 Å². The summed E-state index contributed by atoms with van der Waals surface area (Å²) in [5.74, 6) is 0. The van der Waals surface area contributed by atoms with Gasteiger partial charge in [0.25, 0.3) is 0 Å². The first kappa shape index (κ1) is 10.7. The fourth-order valence-corrected chi connectivity index (χ4v) is 1.70. The SMILES string of the molecule is Brc1cccc2ccccc12.NC=O. The summed E-state index contributed by atoms with van der Waals surface area (Å²) in [7, 11) is 0. The molecular formula is C11H10BrNO. The average Bonchev–Trinajstić information content (AvgIpc) is 2.20. The summed E-state index contributed by atoms with van der Waals surface area (Å²) in [6.07, 6.45) is 0.250. The minimum absolute atomic E-state index is 0.250. The van der Waals surface area contributed by atoms with Gasteiger partial charge < -0.3 is 5.73 Å². The second-order valence-electron chi connectivity index (χ2n) is 2.60. The maximum Gasteiger partial charge on any atom is 0.204 e. The summed E-state index contributed by atoms with van der Waals surface area (Å²) >= 11 is 3.50. The third kappa shape index (κ3) is 2.57. The Kier molecular flexibility index (Phi) is 4.13. The molecule has 0 aliphatic carbocycles. The van der Waals surface area contributed by atoms with Gasteiger partial charge in [0.05, 0.1) is 0 Å². The number of hydrogen-bond donors (Lipinski definition) is 1. The zero-order valence-corrected chi connectivity index (χ0v) is 9.07. The molecule has 0 unspecified atom stereocenters. The number of primary amides is 1. The molecule has 0 bridgehead atoms. The van der Waals surface area contributed by atoms with Crippen LogP contribution in [-0.2, 0) is 4.79 Å². The van der Waals surface area contributed by atoms with E-state index in [1.165, 1.54) is 10.8 Å². The second kappa shape index (κ2) is 5.40. The Bertz CT molecular complexity index is 423. The van der Waals surface area contributed by atoms with Crippen LogP contribution < -0.4 is 5.73 Å². The molecule has 0 fully saturated rings. The minimum Gasteiger partial charge on any atom is -0.372 e. The van der Waals surface area contributed by atoms with E-state index in [2.05, 4.69) is 52.0 Å². The van der Waals surface area contributed by atoms with Crippen LogP contribution in [0.5, 0.6) is 0 Å². The van der Waals surface area contributed by atoms with Gasteiger partial charge in [-0.3, -0.25) is 4.79 Å². The van der Waals surface area contributed by atoms with E-state index in [4.69, 9.17) is 4.79 Å². The molecule has 0 saturated carbocycles. The lowest BCUT2D eigenvalue weighted by Gasteiger charge is -1.97. The monoisotopic (exact) mass is 251 g/mol. The van der Waals surface area contributed by atoms with Gasteiger partial charge in [0.2, 0.25) is 6.41 Å². The number of fused-ring (bicyclic) bond motifs is 1. The summed E-state index contributed by atoms with van der Waals surface area (Å²) in [6.45, 7) is 0. The van der Waals surface area contributed by atoms with Gasteiger partial charge in [-0.1, -0.05) is 52.3 Å². The van der Waals surface area contributed by atoms with Crippen LogP contribution in [-0.4, -0.2) is 6.41 Å². The fraction of sp³-hybridized carbons (Fsp3) is 0. The highest BCUT2D eigenvalue weighted by molar-refractivity contribution is 9.10. The standard InChI is InChI=1S/C10H7Br.CH3NO/c11-10-7-3-5-8-4-1-2-6-9(8)10;2-1-3/h1-7H;1H,(H2,2,3). The minimum atomic E-state index is 0.250. The molecule has 0 radical (unpaired) electrons. The maximum atomic E-state index is 8.58. The Labute approximate surface area is 90.9 Å². The van der Waals surface area contributed by atoms with Crippen molar-refractivity contribution < 1.29 is 4.79 Å². The van der Waals surface area contributed by atoms with Crippen LogP contribution in [0.4, 0.5) is 0 Å². The number of carbonyl (C=O) groups excluding carboxylic acids is 1. The van der Waals surface area contributed by atoms with Gasteiger partial charge >= 0.3 is 0 Å². The van der Waals surface area contributed by atoms with E-state index in [0.29, 0.717) is 0 Å². The molecule has 72 valence electrons. The molecule has 14 heavy (non-hydrogen) atoms. The Morgan fingerprint density at radius 2 is 1.64 bits per heavy atom. The first-order valence-corrected chi connectivity index (χ1v) is 4.87. The van der Waals surface area contributed by atoms with Crippen LogP contribution in [0.15, 0.2) is 46.9 Å². The summed E-state index contributed by atoms with van der Waals surface area (Å²) in [6, 6.07) is 14.5. The predicted molar refractivity (Wildman–Crippen MR) is 61.9 cm³/mol. The van der Waals surface area contributed by atoms with Crippen molar-refractivity contribution in [1.29, 1.82) is 0 Å². The molecule has 0 atom stereocenters. The molecule has 3 heteroatoms. The van der Waals surface area contributed by atoms with E-state index in [1.54, 1.807) is 0 Å². The van der Waals surface area contributed by atoms with Gasteiger partial charge in [0.15, 0.2) is 0 Å². The number of hydrogen-bond acceptors (Lipinski definition) is 1. The van der Waals surface area contributed by atoms with Crippen molar-refractivity contribution in [3.8, 4) is 0 Å². The zero-order valence-electron chi connectivity index (χ0n) is 7.48. The second-order valence-corrected chi connectivity index (χ2v) is 3.45. The highest BCUT2D eigenvalue weighted by atomic mass is 79.9. The summed E-state index contributed by atoms with van der Waals surface area (Å²) in [4.78, 5) is 8.58. The lowest BCUT2D eigenvalue weighted by molar-refractivity contribution is -0.106. The molecular weight excluding hydrogens is 242 g/mol. The van der Waals surface area contributed by atoms with Crippen molar-refractivity contribution in [3.63, 3.8) is 0 Å². The van der Waals surface area contributed by atoms with Gasteiger partial charge in [-0.05, 0) is 16.8 Å². The summed E-state index contributed by atoms with van der Waals surface area (Å²) < 4.78 is 1.16. The third-order valence-corrected chi connectivity index (χ3v) is 2.43. The normalized spacial score (nSPS) is 8.93. The Morgan fingerprint density at radius 3 is 2.29 bits per heavy atom. The molecule has 0 heterocycles. The number of rotatable bonds is 0. The molecule has 2 nitrogen and oxygen atoms in total. The topological polar surface area (TPSA) is 43.1 Å².